The fourth-order valence-corrected chi connectivity index (χ4v) is 2.02. The van der Waals surface area contributed by atoms with Crippen LogP contribution in [0.15, 0.2) is 35.9 Å². The first-order valence-corrected chi connectivity index (χ1v) is 7.61. The van der Waals surface area contributed by atoms with E-state index in [2.05, 4.69) is 0 Å². The van der Waals surface area contributed by atoms with Gasteiger partial charge in [0.15, 0.2) is 0 Å². The summed E-state index contributed by atoms with van der Waals surface area (Å²) in [6, 6.07) is 7.32. The molecule has 0 aliphatic rings. The molecule has 6 heteroatoms. The van der Waals surface area contributed by atoms with E-state index in [0.717, 1.165) is 17.4 Å². The highest BCUT2D eigenvalue weighted by atomic mass is 16.6. The zero-order valence-corrected chi connectivity index (χ0v) is 14.8. The summed E-state index contributed by atoms with van der Waals surface area (Å²) in [6.07, 6.45) is 0.599. The van der Waals surface area contributed by atoms with Crippen molar-refractivity contribution in [3.05, 3.63) is 41.5 Å². The molecule has 0 atom stereocenters. The minimum absolute atomic E-state index is 0.174. The number of nitrogens with zero attached hydrogens (tertiary/aromatic N) is 1. The summed E-state index contributed by atoms with van der Waals surface area (Å²) in [5.41, 5.74) is 0.825. The van der Waals surface area contributed by atoms with Crippen molar-refractivity contribution in [1.29, 1.82) is 0 Å². The Morgan fingerprint density at radius 2 is 1.79 bits per heavy atom. The monoisotopic (exact) mass is 335 g/mol. The molecule has 0 unspecified atom stereocenters. The van der Waals surface area contributed by atoms with Crippen molar-refractivity contribution < 1.29 is 24.2 Å². The van der Waals surface area contributed by atoms with E-state index in [-0.39, 0.29) is 6.54 Å². The highest BCUT2D eigenvalue weighted by molar-refractivity contribution is 5.80. The predicted octanol–water partition coefficient (Wildman–Crippen LogP) is 3.46. The summed E-state index contributed by atoms with van der Waals surface area (Å²) in [4.78, 5) is 24.7. The number of carbonyl (C=O) groups is 2. The molecule has 0 aromatic heterocycles. The Kier molecular flexibility index (Phi) is 6.82. The average Bonchev–Trinajstić information content (AvgIpc) is 2.44. The molecule has 0 radical (unpaired) electrons. The molecule has 1 rings (SSSR count). The lowest BCUT2D eigenvalue weighted by Crippen LogP contribution is -2.37. The number of carboxylic acid groups (broad SMARTS) is 1. The third-order valence-electron chi connectivity index (χ3n) is 2.99. The molecule has 1 N–H and O–H groups in total. The Morgan fingerprint density at radius 1 is 1.21 bits per heavy atom. The maximum atomic E-state index is 12.4. The van der Waals surface area contributed by atoms with Crippen molar-refractivity contribution in [2.75, 3.05) is 13.7 Å². The highest BCUT2D eigenvalue weighted by Crippen LogP contribution is 2.16. The normalized spacial score (nSPS) is 11.8. The van der Waals surface area contributed by atoms with Crippen LogP contribution >= 0.6 is 0 Å². The van der Waals surface area contributed by atoms with Gasteiger partial charge in [-0.25, -0.2) is 9.59 Å². The number of rotatable bonds is 6. The highest BCUT2D eigenvalue weighted by Gasteiger charge is 2.22. The minimum atomic E-state index is -1.04. The fraction of sp³-hybridized carbons (Fsp3) is 0.444. The maximum absolute atomic E-state index is 12.4. The molecule has 24 heavy (non-hydrogen) atoms. The molecule has 132 valence electrons. The number of benzene rings is 1. The molecule has 0 aliphatic carbocycles. The van der Waals surface area contributed by atoms with Crippen LogP contribution in [0.5, 0.6) is 5.75 Å². The van der Waals surface area contributed by atoms with Gasteiger partial charge in [-0.3, -0.25) is 4.90 Å². The number of amides is 1. The molecule has 0 saturated heterocycles. The van der Waals surface area contributed by atoms with Gasteiger partial charge in [0.25, 0.3) is 0 Å². The number of aliphatic carboxylic acids is 1. The molecule has 6 nitrogen and oxygen atoms in total. The van der Waals surface area contributed by atoms with E-state index >= 15 is 0 Å². The number of carbonyl (C=O) groups excluding carboxylic acids is 1. The van der Waals surface area contributed by atoms with Crippen LogP contribution in [-0.4, -0.2) is 41.3 Å². The first-order chi connectivity index (χ1) is 11.1. The molecule has 1 amide bonds. The first-order valence-electron chi connectivity index (χ1n) is 7.61. The van der Waals surface area contributed by atoms with Crippen LogP contribution in [0.4, 0.5) is 4.79 Å². The third-order valence-corrected chi connectivity index (χ3v) is 2.99. The molecule has 0 fully saturated rings. The predicted molar refractivity (Wildman–Crippen MR) is 91.0 cm³/mol. The molecule has 0 bridgehead atoms. The summed E-state index contributed by atoms with van der Waals surface area (Å²) in [5.74, 6) is -0.314. The number of hydrogen-bond donors (Lipinski definition) is 1. The van der Waals surface area contributed by atoms with Crippen LogP contribution in [0.2, 0.25) is 0 Å². The lowest BCUT2D eigenvalue weighted by molar-refractivity contribution is -0.131. The molecule has 0 spiro atoms. The van der Waals surface area contributed by atoms with Gasteiger partial charge < -0.3 is 14.6 Å². The third kappa shape index (κ3) is 7.17. The van der Waals surface area contributed by atoms with Crippen molar-refractivity contribution in [2.24, 2.45) is 0 Å². The van der Waals surface area contributed by atoms with Crippen LogP contribution in [-0.2, 0) is 16.1 Å². The van der Waals surface area contributed by atoms with Crippen LogP contribution in [0.25, 0.3) is 0 Å². The smallest absolute Gasteiger partial charge is 0.410 e. The van der Waals surface area contributed by atoms with E-state index in [1.807, 2.05) is 24.3 Å². The molecule has 0 saturated carbocycles. The number of ether oxygens (including phenoxy) is 2. The van der Waals surface area contributed by atoms with Gasteiger partial charge in [0, 0.05) is 19.2 Å². The lowest BCUT2D eigenvalue weighted by atomic mass is 10.2. The van der Waals surface area contributed by atoms with E-state index < -0.39 is 17.7 Å². The quantitative estimate of drug-likeness (QED) is 0.806. The van der Waals surface area contributed by atoms with Gasteiger partial charge >= 0.3 is 12.1 Å². The molecule has 1 aromatic rings. The van der Waals surface area contributed by atoms with Crippen molar-refractivity contribution in [2.45, 2.75) is 39.8 Å². The summed E-state index contributed by atoms with van der Waals surface area (Å²) in [6.45, 7) is 7.51. The molecular weight excluding hydrogens is 310 g/mol. The first kappa shape index (κ1) is 19.5. The van der Waals surface area contributed by atoms with E-state index in [1.54, 1.807) is 34.8 Å². The van der Waals surface area contributed by atoms with Crippen LogP contribution in [0.3, 0.4) is 0 Å². The Morgan fingerprint density at radius 3 is 2.25 bits per heavy atom. The van der Waals surface area contributed by atoms with Crippen molar-refractivity contribution in [1.82, 2.24) is 4.90 Å². The SMILES string of the molecule is COc1ccc(CN(C/C(C)=C/C(=O)O)C(=O)OC(C)(C)C)cc1. The van der Waals surface area contributed by atoms with Crippen LogP contribution < -0.4 is 4.74 Å². The second-order valence-corrected chi connectivity index (χ2v) is 6.51. The summed E-state index contributed by atoms with van der Waals surface area (Å²) in [5, 5.41) is 8.84. The second-order valence-electron chi connectivity index (χ2n) is 6.51. The lowest BCUT2D eigenvalue weighted by Gasteiger charge is -2.27. The van der Waals surface area contributed by atoms with E-state index in [1.165, 1.54) is 4.90 Å². The summed E-state index contributed by atoms with van der Waals surface area (Å²) in [7, 11) is 1.59. The fourth-order valence-electron chi connectivity index (χ4n) is 2.02. The molecule has 0 aliphatic heterocycles. The number of hydrogen-bond acceptors (Lipinski definition) is 4. The minimum Gasteiger partial charge on any atom is -0.497 e. The van der Waals surface area contributed by atoms with Crippen molar-refractivity contribution in [3.63, 3.8) is 0 Å². The molecule has 0 heterocycles. The molecular formula is C18H25NO5. The standard InChI is InChI=1S/C18H25NO5/c1-13(10-16(20)21)11-19(17(22)24-18(2,3)4)12-14-6-8-15(23-5)9-7-14/h6-10H,11-12H2,1-5H3,(H,20,21)/b13-10+. The van der Waals surface area contributed by atoms with Crippen LogP contribution in [0, 0.1) is 0 Å². The largest absolute Gasteiger partial charge is 0.497 e. The van der Waals surface area contributed by atoms with Crippen LogP contribution in [0.1, 0.15) is 33.3 Å². The Hall–Kier alpha value is -2.50. The zero-order chi connectivity index (χ0) is 18.3. The van der Waals surface area contributed by atoms with Gasteiger partial charge in [-0.1, -0.05) is 12.1 Å². The van der Waals surface area contributed by atoms with Gasteiger partial charge in [0.05, 0.1) is 7.11 Å². The van der Waals surface area contributed by atoms with Crippen molar-refractivity contribution >= 4 is 12.1 Å². The van der Waals surface area contributed by atoms with Gasteiger partial charge in [-0.2, -0.15) is 0 Å². The topological polar surface area (TPSA) is 76.1 Å². The van der Waals surface area contributed by atoms with Gasteiger partial charge in [-0.05, 0) is 51.0 Å². The van der Waals surface area contributed by atoms with E-state index in [0.29, 0.717) is 12.1 Å². The molecule has 1 aromatic carbocycles. The van der Waals surface area contributed by atoms with E-state index in [9.17, 15) is 9.59 Å². The maximum Gasteiger partial charge on any atom is 0.410 e. The number of methoxy groups -OCH3 is 1. The summed E-state index contributed by atoms with van der Waals surface area (Å²) >= 11 is 0. The summed E-state index contributed by atoms with van der Waals surface area (Å²) < 4.78 is 10.5. The average molecular weight is 335 g/mol. The Labute approximate surface area is 142 Å². The second kappa shape index (κ2) is 8.38. The van der Waals surface area contributed by atoms with E-state index in [4.69, 9.17) is 14.6 Å². The zero-order valence-electron chi connectivity index (χ0n) is 14.8. The van der Waals surface area contributed by atoms with Gasteiger partial charge in [-0.15, -0.1) is 0 Å². The van der Waals surface area contributed by atoms with Crippen molar-refractivity contribution in [3.8, 4) is 5.75 Å². The van der Waals surface area contributed by atoms with Gasteiger partial charge in [0.2, 0.25) is 0 Å². The number of carboxylic acids is 1. The Balaban J connectivity index is 2.94. The van der Waals surface area contributed by atoms with Gasteiger partial charge in [0.1, 0.15) is 11.4 Å². The Bertz CT molecular complexity index is 599.